The molecule has 0 aliphatic heterocycles. The van der Waals surface area contributed by atoms with Gasteiger partial charge < -0.3 is 10.1 Å². The first kappa shape index (κ1) is 17.0. The van der Waals surface area contributed by atoms with Gasteiger partial charge in [0.05, 0.1) is 18.6 Å². The lowest BCUT2D eigenvalue weighted by Gasteiger charge is -2.11. The Morgan fingerprint density at radius 2 is 2.00 bits per heavy atom. The topological polar surface area (TPSA) is 56.2 Å². The molecule has 2 aromatic carbocycles. The largest absolute Gasteiger partial charge is 0.495 e. The molecule has 0 atom stereocenters. The Hall–Kier alpha value is -2.80. The van der Waals surface area contributed by atoms with E-state index in [-0.39, 0.29) is 17.5 Å². The van der Waals surface area contributed by atoms with Crippen LogP contribution in [-0.2, 0) is 4.79 Å². The van der Waals surface area contributed by atoms with Crippen LogP contribution in [0.25, 0.3) is 5.69 Å². The number of carbonyl (C=O) groups excluding carboxylic acids is 1. The van der Waals surface area contributed by atoms with Gasteiger partial charge in [0.25, 0.3) is 0 Å². The SMILES string of the molecule is COc1ccccc1-n1ccnc1SCC(=O)Nc1ccc(F)cc1. The summed E-state index contributed by atoms with van der Waals surface area (Å²) < 4.78 is 20.1. The molecule has 128 valence electrons. The first-order valence-corrected chi connectivity index (χ1v) is 8.51. The number of ether oxygens (including phenoxy) is 1. The summed E-state index contributed by atoms with van der Waals surface area (Å²) in [7, 11) is 1.61. The van der Waals surface area contributed by atoms with Crippen LogP contribution >= 0.6 is 11.8 Å². The van der Waals surface area contributed by atoms with Gasteiger partial charge in [0.1, 0.15) is 11.6 Å². The van der Waals surface area contributed by atoms with Gasteiger partial charge in [-0.3, -0.25) is 9.36 Å². The fraction of sp³-hybridized carbons (Fsp3) is 0.111. The predicted molar refractivity (Wildman–Crippen MR) is 95.9 cm³/mol. The number of imidazole rings is 1. The normalized spacial score (nSPS) is 10.5. The average Bonchev–Trinajstić information content (AvgIpc) is 3.10. The lowest BCUT2D eigenvalue weighted by molar-refractivity contribution is -0.113. The fourth-order valence-electron chi connectivity index (χ4n) is 2.27. The molecule has 1 heterocycles. The second-order valence-electron chi connectivity index (χ2n) is 5.10. The summed E-state index contributed by atoms with van der Waals surface area (Å²) in [5.74, 6) is 0.374. The molecule has 0 aliphatic rings. The second kappa shape index (κ2) is 7.85. The zero-order chi connectivity index (χ0) is 17.6. The molecule has 3 rings (SSSR count). The standard InChI is InChI=1S/C18H16FN3O2S/c1-24-16-5-3-2-4-15(16)22-11-10-20-18(22)25-12-17(23)21-14-8-6-13(19)7-9-14/h2-11H,12H2,1H3,(H,21,23). The number of methoxy groups -OCH3 is 1. The number of rotatable bonds is 6. The highest BCUT2D eigenvalue weighted by Gasteiger charge is 2.12. The molecule has 0 bridgehead atoms. The number of amides is 1. The smallest absolute Gasteiger partial charge is 0.234 e. The van der Waals surface area contributed by atoms with E-state index in [1.54, 1.807) is 13.3 Å². The highest BCUT2D eigenvalue weighted by atomic mass is 32.2. The van der Waals surface area contributed by atoms with Gasteiger partial charge in [-0.1, -0.05) is 23.9 Å². The van der Waals surface area contributed by atoms with Crippen LogP contribution in [0.1, 0.15) is 0 Å². The molecule has 25 heavy (non-hydrogen) atoms. The van der Waals surface area contributed by atoms with E-state index in [0.717, 1.165) is 11.4 Å². The predicted octanol–water partition coefficient (Wildman–Crippen LogP) is 3.75. The first-order chi connectivity index (χ1) is 12.2. The molecule has 0 aliphatic carbocycles. The molecule has 7 heteroatoms. The van der Waals surface area contributed by atoms with Gasteiger partial charge in [0.2, 0.25) is 5.91 Å². The molecule has 0 saturated carbocycles. The third kappa shape index (κ3) is 4.19. The summed E-state index contributed by atoms with van der Waals surface area (Å²) in [6.45, 7) is 0. The maximum Gasteiger partial charge on any atom is 0.234 e. The zero-order valence-electron chi connectivity index (χ0n) is 13.5. The second-order valence-corrected chi connectivity index (χ2v) is 6.04. The minimum Gasteiger partial charge on any atom is -0.495 e. The highest BCUT2D eigenvalue weighted by molar-refractivity contribution is 7.99. The molecular weight excluding hydrogens is 341 g/mol. The van der Waals surface area contributed by atoms with Crippen molar-refractivity contribution in [2.75, 3.05) is 18.2 Å². The summed E-state index contributed by atoms with van der Waals surface area (Å²) in [6.07, 6.45) is 3.49. The third-order valence-electron chi connectivity index (χ3n) is 3.41. The molecule has 0 unspecified atom stereocenters. The van der Waals surface area contributed by atoms with E-state index >= 15 is 0 Å². The summed E-state index contributed by atoms with van der Waals surface area (Å²) in [4.78, 5) is 16.4. The lowest BCUT2D eigenvalue weighted by atomic mass is 10.3. The summed E-state index contributed by atoms with van der Waals surface area (Å²) in [6, 6.07) is 13.2. The van der Waals surface area contributed by atoms with Crippen molar-refractivity contribution in [3.63, 3.8) is 0 Å². The molecule has 0 spiro atoms. The molecule has 1 amide bonds. The van der Waals surface area contributed by atoms with E-state index in [0.29, 0.717) is 10.8 Å². The number of hydrogen-bond acceptors (Lipinski definition) is 4. The van der Waals surface area contributed by atoms with Crippen molar-refractivity contribution in [1.82, 2.24) is 9.55 Å². The number of hydrogen-bond donors (Lipinski definition) is 1. The quantitative estimate of drug-likeness (QED) is 0.683. The maximum atomic E-state index is 12.9. The van der Waals surface area contributed by atoms with Crippen molar-refractivity contribution >= 4 is 23.4 Å². The highest BCUT2D eigenvalue weighted by Crippen LogP contribution is 2.27. The maximum absolute atomic E-state index is 12.9. The number of halogens is 1. The molecule has 0 radical (unpaired) electrons. The van der Waals surface area contributed by atoms with Crippen LogP contribution in [-0.4, -0.2) is 28.3 Å². The third-order valence-corrected chi connectivity index (χ3v) is 4.38. The Bertz CT molecular complexity index is 865. The van der Waals surface area contributed by atoms with Crippen LogP contribution < -0.4 is 10.1 Å². The number of carbonyl (C=O) groups is 1. The number of benzene rings is 2. The van der Waals surface area contributed by atoms with Crippen molar-refractivity contribution in [3.8, 4) is 11.4 Å². The number of anilines is 1. The van der Waals surface area contributed by atoms with Gasteiger partial charge in [-0.25, -0.2) is 9.37 Å². The summed E-state index contributed by atoms with van der Waals surface area (Å²) in [5.41, 5.74) is 1.41. The van der Waals surface area contributed by atoms with Gasteiger partial charge >= 0.3 is 0 Å². The van der Waals surface area contributed by atoms with Crippen LogP contribution in [0.4, 0.5) is 10.1 Å². The van der Waals surface area contributed by atoms with Crippen molar-refractivity contribution in [2.45, 2.75) is 5.16 Å². The molecular formula is C18H16FN3O2S. The molecule has 3 aromatic rings. The monoisotopic (exact) mass is 357 g/mol. The molecule has 0 fully saturated rings. The minimum absolute atomic E-state index is 0.184. The van der Waals surface area contributed by atoms with E-state index in [2.05, 4.69) is 10.3 Å². The number of nitrogens with one attached hydrogen (secondary N) is 1. The Morgan fingerprint density at radius 3 is 2.76 bits per heavy atom. The number of nitrogens with zero attached hydrogens (tertiary/aromatic N) is 2. The van der Waals surface area contributed by atoms with Crippen LogP contribution in [0.15, 0.2) is 66.1 Å². The van der Waals surface area contributed by atoms with E-state index < -0.39 is 0 Å². The van der Waals surface area contributed by atoms with Crippen molar-refractivity contribution in [2.24, 2.45) is 0 Å². The lowest BCUT2D eigenvalue weighted by Crippen LogP contribution is -2.14. The van der Waals surface area contributed by atoms with Gasteiger partial charge in [0.15, 0.2) is 5.16 Å². The van der Waals surface area contributed by atoms with Crippen LogP contribution in [0.5, 0.6) is 5.75 Å². The van der Waals surface area contributed by atoms with Crippen LogP contribution in [0.3, 0.4) is 0 Å². The molecule has 1 N–H and O–H groups in total. The van der Waals surface area contributed by atoms with Crippen molar-refractivity contribution < 1.29 is 13.9 Å². The van der Waals surface area contributed by atoms with Crippen LogP contribution in [0, 0.1) is 5.82 Å². The number of aromatic nitrogens is 2. The Kier molecular flexibility index (Phi) is 5.35. The Labute approximate surface area is 148 Å². The minimum atomic E-state index is -0.341. The summed E-state index contributed by atoms with van der Waals surface area (Å²) >= 11 is 1.31. The fourth-order valence-corrected chi connectivity index (χ4v) is 3.04. The Morgan fingerprint density at radius 1 is 1.24 bits per heavy atom. The van der Waals surface area contributed by atoms with Crippen molar-refractivity contribution in [3.05, 3.63) is 66.7 Å². The van der Waals surface area contributed by atoms with Gasteiger partial charge in [0, 0.05) is 18.1 Å². The average molecular weight is 357 g/mol. The van der Waals surface area contributed by atoms with Gasteiger partial charge in [-0.2, -0.15) is 0 Å². The molecule has 1 aromatic heterocycles. The number of thioether (sulfide) groups is 1. The first-order valence-electron chi connectivity index (χ1n) is 7.52. The van der Waals surface area contributed by atoms with Gasteiger partial charge in [-0.05, 0) is 36.4 Å². The van der Waals surface area contributed by atoms with E-state index in [1.807, 2.05) is 35.0 Å². The van der Waals surface area contributed by atoms with Crippen LogP contribution in [0.2, 0.25) is 0 Å². The van der Waals surface area contributed by atoms with E-state index in [1.165, 1.54) is 36.0 Å². The zero-order valence-corrected chi connectivity index (χ0v) is 14.3. The van der Waals surface area contributed by atoms with E-state index in [4.69, 9.17) is 4.74 Å². The molecule has 0 saturated heterocycles. The Balaban J connectivity index is 1.67. The number of para-hydroxylation sites is 2. The summed E-state index contributed by atoms with van der Waals surface area (Å²) in [5, 5.41) is 3.40. The molecule has 5 nitrogen and oxygen atoms in total. The van der Waals surface area contributed by atoms with Crippen molar-refractivity contribution in [1.29, 1.82) is 0 Å². The van der Waals surface area contributed by atoms with E-state index in [9.17, 15) is 9.18 Å². The van der Waals surface area contributed by atoms with Gasteiger partial charge in [-0.15, -0.1) is 0 Å².